The Kier molecular flexibility index (Phi) is 7.68. The number of hydrogen-bond acceptors (Lipinski definition) is 4. The van der Waals surface area contributed by atoms with Gasteiger partial charge in [-0.2, -0.15) is 4.98 Å². The number of nitrogens with one attached hydrogen (secondary N) is 1. The molecule has 3 rings (SSSR count). The van der Waals surface area contributed by atoms with Crippen LogP contribution in [0.15, 0.2) is 28.8 Å². The average molecular weight is 356 g/mol. The SMILES string of the molecule is CCCCCCCCCc1ccc(-c2noc([C@@H]3CCCNC3)n2)cc1. The molecule has 2 aromatic rings. The fraction of sp³-hybridized carbons (Fsp3) is 0.636. The van der Waals surface area contributed by atoms with Gasteiger partial charge in [0.15, 0.2) is 0 Å². The highest BCUT2D eigenvalue weighted by atomic mass is 16.5. The fourth-order valence-corrected chi connectivity index (χ4v) is 3.69. The maximum absolute atomic E-state index is 5.51. The molecule has 0 radical (unpaired) electrons. The number of benzene rings is 1. The minimum atomic E-state index is 0.363. The first-order valence-electron chi connectivity index (χ1n) is 10.5. The zero-order valence-electron chi connectivity index (χ0n) is 16.2. The molecule has 1 aromatic heterocycles. The molecular weight excluding hydrogens is 322 g/mol. The molecule has 1 aromatic carbocycles. The summed E-state index contributed by atoms with van der Waals surface area (Å²) in [6.45, 7) is 4.31. The number of hydrogen-bond donors (Lipinski definition) is 1. The Morgan fingerprint density at radius 2 is 1.81 bits per heavy atom. The van der Waals surface area contributed by atoms with Crippen molar-refractivity contribution in [2.24, 2.45) is 0 Å². The third kappa shape index (κ3) is 5.66. The largest absolute Gasteiger partial charge is 0.339 e. The zero-order valence-corrected chi connectivity index (χ0v) is 16.2. The van der Waals surface area contributed by atoms with Crippen LogP contribution in [0.2, 0.25) is 0 Å². The van der Waals surface area contributed by atoms with E-state index < -0.39 is 0 Å². The Balaban J connectivity index is 1.45. The molecule has 0 bridgehead atoms. The molecule has 0 aliphatic carbocycles. The van der Waals surface area contributed by atoms with Gasteiger partial charge in [-0.05, 0) is 37.8 Å². The number of aryl methyl sites for hydroxylation is 1. The van der Waals surface area contributed by atoms with Crippen LogP contribution < -0.4 is 5.32 Å². The Hall–Kier alpha value is -1.68. The van der Waals surface area contributed by atoms with Crippen molar-refractivity contribution >= 4 is 0 Å². The van der Waals surface area contributed by atoms with Gasteiger partial charge in [0.1, 0.15) is 0 Å². The minimum Gasteiger partial charge on any atom is -0.339 e. The number of nitrogens with zero attached hydrogens (tertiary/aromatic N) is 2. The normalized spacial score (nSPS) is 17.5. The first-order valence-corrected chi connectivity index (χ1v) is 10.5. The van der Waals surface area contributed by atoms with Gasteiger partial charge < -0.3 is 9.84 Å². The van der Waals surface area contributed by atoms with Gasteiger partial charge in [0.25, 0.3) is 0 Å². The predicted molar refractivity (Wildman–Crippen MR) is 106 cm³/mol. The smallest absolute Gasteiger partial charge is 0.231 e. The van der Waals surface area contributed by atoms with E-state index in [0.717, 1.165) is 31.0 Å². The van der Waals surface area contributed by atoms with Crippen molar-refractivity contribution in [3.05, 3.63) is 35.7 Å². The van der Waals surface area contributed by atoms with Crippen molar-refractivity contribution in [1.29, 1.82) is 0 Å². The van der Waals surface area contributed by atoms with Crippen molar-refractivity contribution in [3.63, 3.8) is 0 Å². The number of rotatable bonds is 10. The summed E-state index contributed by atoms with van der Waals surface area (Å²) in [7, 11) is 0. The second-order valence-electron chi connectivity index (χ2n) is 7.57. The number of unbranched alkanes of at least 4 members (excludes halogenated alkanes) is 6. The van der Waals surface area contributed by atoms with Gasteiger partial charge >= 0.3 is 0 Å². The van der Waals surface area contributed by atoms with Crippen molar-refractivity contribution in [3.8, 4) is 11.4 Å². The van der Waals surface area contributed by atoms with Crippen LogP contribution >= 0.6 is 0 Å². The Morgan fingerprint density at radius 3 is 2.54 bits per heavy atom. The summed E-state index contributed by atoms with van der Waals surface area (Å²) in [4.78, 5) is 4.63. The molecule has 1 saturated heterocycles. The molecule has 0 spiro atoms. The molecule has 1 fully saturated rings. The maximum Gasteiger partial charge on any atom is 0.231 e. The highest BCUT2D eigenvalue weighted by Gasteiger charge is 2.21. The van der Waals surface area contributed by atoms with Gasteiger partial charge in [0, 0.05) is 12.1 Å². The van der Waals surface area contributed by atoms with E-state index in [4.69, 9.17) is 4.52 Å². The topological polar surface area (TPSA) is 51.0 Å². The number of aromatic nitrogens is 2. The minimum absolute atomic E-state index is 0.363. The molecule has 1 atom stereocenters. The van der Waals surface area contributed by atoms with Crippen molar-refractivity contribution in [2.75, 3.05) is 13.1 Å². The molecule has 1 aliphatic rings. The summed E-state index contributed by atoms with van der Waals surface area (Å²) >= 11 is 0. The van der Waals surface area contributed by atoms with E-state index in [1.165, 1.54) is 63.4 Å². The zero-order chi connectivity index (χ0) is 18.0. The lowest BCUT2D eigenvalue weighted by molar-refractivity contribution is 0.322. The van der Waals surface area contributed by atoms with Crippen LogP contribution in [-0.2, 0) is 6.42 Å². The van der Waals surface area contributed by atoms with Gasteiger partial charge in [-0.15, -0.1) is 0 Å². The fourth-order valence-electron chi connectivity index (χ4n) is 3.69. The van der Waals surface area contributed by atoms with Crippen molar-refractivity contribution in [2.45, 2.75) is 77.0 Å². The molecule has 26 heavy (non-hydrogen) atoms. The van der Waals surface area contributed by atoms with Crippen LogP contribution in [0.25, 0.3) is 11.4 Å². The second kappa shape index (κ2) is 10.5. The molecule has 0 saturated carbocycles. The second-order valence-corrected chi connectivity index (χ2v) is 7.57. The van der Waals surface area contributed by atoms with E-state index in [0.29, 0.717) is 11.7 Å². The number of piperidine rings is 1. The lowest BCUT2D eigenvalue weighted by atomic mass is 10.00. The van der Waals surface area contributed by atoms with E-state index in [1.54, 1.807) is 0 Å². The molecule has 1 aliphatic heterocycles. The van der Waals surface area contributed by atoms with E-state index in [1.807, 2.05) is 0 Å². The van der Waals surface area contributed by atoms with Gasteiger partial charge in [0.05, 0.1) is 5.92 Å². The molecule has 0 amide bonds. The lowest BCUT2D eigenvalue weighted by Gasteiger charge is -2.18. The molecule has 1 N–H and O–H groups in total. The standard InChI is InChI=1S/C22H33N3O/c1-2-3-4-5-6-7-8-10-18-12-14-19(15-13-18)21-24-22(26-25-21)20-11-9-16-23-17-20/h12-15,20,23H,2-11,16-17H2,1H3/t20-/m1/s1. The van der Waals surface area contributed by atoms with Crippen LogP contribution in [-0.4, -0.2) is 23.2 Å². The third-order valence-electron chi connectivity index (χ3n) is 5.37. The summed E-state index contributed by atoms with van der Waals surface area (Å²) in [5.74, 6) is 1.86. The summed E-state index contributed by atoms with van der Waals surface area (Å²) in [5.41, 5.74) is 2.45. The highest BCUT2D eigenvalue weighted by molar-refractivity contribution is 5.54. The van der Waals surface area contributed by atoms with Gasteiger partial charge in [-0.25, -0.2) is 0 Å². The predicted octanol–water partition coefficient (Wildman–Crippen LogP) is 5.50. The van der Waals surface area contributed by atoms with Gasteiger partial charge in [0.2, 0.25) is 11.7 Å². The molecular formula is C22H33N3O. The van der Waals surface area contributed by atoms with E-state index in [2.05, 4.69) is 46.6 Å². The monoisotopic (exact) mass is 355 g/mol. The molecule has 4 heteroatoms. The lowest BCUT2D eigenvalue weighted by Crippen LogP contribution is -2.28. The van der Waals surface area contributed by atoms with Crippen LogP contribution in [0.5, 0.6) is 0 Å². The van der Waals surface area contributed by atoms with Gasteiger partial charge in [-0.1, -0.05) is 74.9 Å². The van der Waals surface area contributed by atoms with Gasteiger partial charge in [-0.3, -0.25) is 0 Å². The first-order chi connectivity index (χ1) is 12.9. The molecule has 2 heterocycles. The van der Waals surface area contributed by atoms with E-state index in [9.17, 15) is 0 Å². The summed E-state index contributed by atoms with van der Waals surface area (Å²) in [6.07, 6.45) is 13.0. The average Bonchev–Trinajstić information content (AvgIpc) is 3.19. The maximum atomic E-state index is 5.51. The highest BCUT2D eigenvalue weighted by Crippen LogP contribution is 2.25. The Morgan fingerprint density at radius 1 is 1.04 bits per heavy atom. The Labute approximate surface area is 157 Å². The molecule has 4 nitrogen and oxygen atoms in total. The third-order valence-corrected chi connectivity index (χ3v) is 5.37. The Bertz CT molecular complexity index is 629. The van der Waals surface area contributed by atoms with E-state index in [-0.39, 0.29) is 0 Å². The van der Waals surface area contributed by atoms with E-state index >= 15 is 0 Å². The molecule has 0 unspecified atom stereocenters. The quantitative estimate of drug-likeness (QED) is 0.572. The first kappa shape index (κ1) is 19.1. The summed E-state index contributed by atoms with van der Waals surface area (Å²) in [5, 5.41) is 7.59. The van der Waals surface area contributed by atoms with Crippen LogP contribution in [0.3, 0.4) is 0 Å². The van der Waals surface area contributed by atoms with Crippen LogP contribution in [0, 0.1) is 0 Å². The molecule has 142 valence electrons. The summed E-state index contributed by atoms with van der Waals surface area (Å²) < 4.78 is 5.51. The van der Waals surface area contributed by atoms with Crippen molar-refractivity contribution in [1.82, 2.24) is 15.5 Å². The van der Waals surface area contributed by atoms with Crippen LogP contribution in [0.1, 0.15) is 82.1 Å². The summed E-state index contributed by atoms with van der Waals surface area (Å²) in [6, 6.07) is 8.68. The van der Waals surface area contributed by atoms with Crippen molar-refractivity contribution < 1.29 is 4.52 Å². The van der Waals surface area contributed by atoms with Crippen LogP contribution in [0.4, 0.5) is 0 Å².